The van der Waals surface area contributed by atoms with Crippen LogP contribution in [-0.2, 0) is 19.4 Å². The maximum atomic E-state index is 11.6. The fourth-order valence-electron chi connectivity index (χ4n) is 2.28. The van der Waals surface area contributed by atoms with Gasteiger partial charge in [-0.05, 0) is 13.8 Å². The van der Waals surface area contributed by atoms with Crippen LogP contribution in [0, 0.1) is 0 Å². The van der Waals surface area contributed by atoms with Crippen molar-refractivity contribution in [2.75, 3.05) is 25.2 Å². The maximum absolute atomic E-state index is 11.6. The lowest BCUT2D eigenvalue weighted by molar-refractivity contribution is -0.138. The minimum absolute atomic E-state index is 0.00477. The Kier molecular flexibility index (Phi) is 5.12. The Bertz CT molecular complexity index is 394. The van der Waals surface area contributed by atoms with E-state index >= 15 is 0 Å². The second-order valence-electron chi connectivity index (χ2n) is 4.79. The van der Waals surface area contributed by atoms with Gasteiger partial charge in [0.15, 0.2) is 9.84 Å². The average Bonchev–Trinajstić information content (AvgIpc) is 2.25. The molecule has 1 saturated heterocycles. The van der Waals surface area contributed by atoms with Crippen LogP contribution in [-0.4, -0.2) is 67.7 Å². The summed E-state index contributed by atoms with van der Waals surface area (Å²) in [6, 6.07) is -0.469. The van der Waals surface area contributed by atoms with E-state index < -0.39 is 21.8 Å². The fourth-order valence-corrected chi connectivity index (χ4v) is 3.83. The molecule has 1 fully saturated rings. The molecule has 0 saturated carbocycles. The van der Waals surface area contributed by atoms with E-state index in [0.29, 0.717) is 6.54 Å². The predicted octanol–water partition coefficient (Wildman–Crippen LogP) is -0.0165. The van der Waals surface area contributed by atoms with Crippen molar-refractivity contribution < 1.29 is 23.1 Å². The highest BCUT2D eigenvalue weighted by molar-refractivity contribution is 7.91. The Balaban J connectivity index is 2.84. The number of methoxy groups -OCH3 is 1. The third-order valence-corrected chi connectivity index (χ3v) is 5.26. The van der Waals surface area contributed by atoms with Crippen molar-refractivity contribution in [3.05, 3.63) is 0 Å². The largest absolute Gasteiger partial charge is 0.481 e. The number of rotatable bonds is 5. The van der Waals surface area contributed by atoms with E-state index in [-0.39, 0.29) is 30.1 Å². The van der Waals surface area contributed by atoms with Gasteiger partial charge in [-0.15, -0.1) is 0 Å². The molecule has 7 heteroatoms. The van der Waals surface area contributed by atoms with Gasteiger partial charge in [0.1, 0.15) is 0 Å². The van der Waals surface area contributed by atoms with Crippen LogP contribution >= 0.6 is 0 Å². The third-order valence-electron chi connectivity index (χ3n) is 3.56. The van der Waals surface area contributed by atoms with Gasteiger partial charge in [0.25, 0.3) is 0 Å². The Hall–Kier alpha value is -0.660. The van der Waals surface area contributed by atoms with Gasteiger partial charge in [-0.1, -0.05) is 0 Å². The predicted molar refractivity (Wildman–Crippen MR) is 67.3 cm³/mol. The molecule has 0 radical (unpaired) electrons. The maximum Gasteiger partial charge on any atom is 0.304 e. The molecule has 1 aliphatic rings. The van der Waals surface area contributed by atoms with E-state index in [1.807, 2.05) is 18.7 Å². The number of ether oxygens (including phenoxy) is 1. The molecule has 1 heterocycles. The van der Waals surface area contributed by atoms with Crippen molar-refractivity contribution in [3.8, 4) is 0 Å². The Morgan fingerprint density at radius 1 is 1.50 bits per heavy atom. The lowest BCUT2D eigenvalue weighted by atomic mass is 10.1. The van der Waals surface area contributed by atoms with Gasteiger partial charge in [-0.2, -0.15) is 0 Å². The number of aliphatic carboxylic acids is 1. The summed E-state index contributed by atoms with van der Waals surface area (Å²) in [5.41, 5.74) is 0. The van der Waals surface area contributed by atoms with Crippen LogP contribution in [0.4, 0.5) is 0 Å². The van der Waals surface area contributed by atoms with Gasteiger partial charge in [0, 0.05) is 25.7 Å². The monoisotopic (exact) mass is 279 g/mol. The molecule has 0 spiro atoms. The molecule has 106 valence electrons. The molecule has 1 rings (SSSR count). The fraction of sp³-hybridized carbons (Fsp3) is 0.909. The zero-order valence-electron chi connectivity index (χ0n) is 11.0. The highest BCUT2D eigenvalue weighted by Crippen LogP contribution is 2.20. The van der Waals surface area contributed by atoms with Gasteiger partial charge >= 0.3 is 5.97 Å². The van der Waals surface area contributed by atoms with E-state index in [1.54, 1.807) is 7.11 Å². The van der Waals surface area contributed by atoms with Crippen LogP contribution < -0.4 is 0 Å². The molecular formula is C11H21NO5S. The van der Waals surface area contributed by atoms with Gasteiger partial charge in [-0.3, -0.25) is 9.69 Å². The lowest BCUT2D eigenvalue weighted by Gasteiger charge is -2.40. The smallest absolute Gasteiger partial charge is 0.304 e. The number of hydrogen-bond acceptors (Lipinski definition) is 5. The molecule has 18 heavy (non-hydrogen) atoms. The second-order valence-corrected chi connectivity index (χ2v) is 7.01. The first-order valence-electron chi connectivity index (χ1n) is 5.97. The summed E-state index contributed by atoms with van der Waals surface area (Å²) in [6.45, 7) is 4.20. The molecule has 0 bridgehead atoms. The highest BCUT2D eigenvalue weighted by Gasteiger charge is 2.36. The summed E-state index contributed by atoms with van der Waals surface area (Å²) >= 11 is 0. The quantitative estimate of drug-likeness (QED) is 0.761. The van der Waals surface area contributed by atoms with Crippen molar-refractivity contribution >= 4 is 15.8 Å². The number of carboxylic acids is 1. The molecular weight excluding hydrogens is 258 g/mol. The first kappa shape index (κ1) is 15.4. The Morgan fingerprint density at radius 3 is 2.61 bits per heavy atom. The van der Waals surface area contributed by atoms with Crippen LogP contribution in [0.25, 0.3) is 0 Å². The molecule has 0 aromatic rings. The molecule has 0 aliphatic carbocycles. The third kappa shape index (κ3) is 3.93. The minimum atomic E-state index is -3.12. The SMILES string of the molecule is COC(C)C(C)N1CCS(=O)(=O)CC1CC(=O)O. The second kappa shape index (κ2) is 5.99. The van der Waals surface area contributed by atoms with Crippen molar-refractivity contribution in [1.29, 1.82) is 0 Å². The van der Waals surface area contributed by atoms with Gasteiger partial charge < -0.3 is 9.84 Å². The number of nitrogens with zero attached hydrogens (tertiary/aromatic N) is 1. The number of sulfone groups is 1. The number of carboxylic acid groups (broad SMARTS) is 1. The lowest BCUT2D eigenvalue weighted by Crippen LogP contribution is -2.55. The number of carbonyl (C=O) groups is 1. The first-order chi connectivity index (χ1) is 8.26. The zero-order chi connectivity index (χ0) is 13.9. The van der Waals surface area contributed by atoms with Crippen molar-refractivity contribution in [2.45, 2.75) is 38.5 Å². The topological polar surface area (TPSA) is 83.9 Å². The van der Waals surface area contributed by atoms with Crippen LogP contribution in [0.5, 0.6) is 0 Å². The summed E-state index contributed by atoms with van der Waals surface area (Å²) in [4.78, 5) is 12.8. The zero-order valence-corrected chi connectivity index (χ0v) is 11.8. The highest BCUT2D eigenvalue weighted by atomic mass is 32.2. The first-order valence-corrected chi connectivity index (χ1v) is 7.79. The van der Waals surface area contributed by atoms with E-state index in [1.165, 1.54) is 0 Å². The van der Waals surface area contributed by atoms with Gasteiger partial charge in [0.05, 0.1) is 24.0 Å². The molecule has 0 amide bonds. The molecule has 0 aromatic heterocycles. The van der Waals surface area contributed by atoms with Crippen molar-refractivity contribution in [2.24, 2.45) is 0 Å². The van der Waals surface area contributed by atoms with Crippen molar-refractivity contribution in [3.63, 3.8) is 0 Å². The molecule has 0 aromatic carbocycles. The van der Waals surface area contributed by atoms with Crippen LogP contribution in [0.1, 0.15) is 20.3 Å². The molecule has 6 nitrogen and oxygen atoms in total. The van der Waals surface area contributed by atoms with Crippen LogP contribution in [0.2, 0.25) is 0 Å². The van der Waals surface area contributed by atoms with E-state index in [0.717, 1.165) is 0 Å². The molecule has 3 atom stereocenters. The minimum Gasteiger partial charge on any atom is -0.481 e. The van der Waals surface area contributed by atoms with E-state index in [2.05, 4.69) is 0 Å². The summed E-state index contributed by atoms with van der Waals surface area (Å²) in [5, 5.41) is 8.88. The Morgan fingerprint density at radius 2 is 2.11 bits per heavy atom. The van der Waals surface area contributed by atoms with Crippen LogP contribution in [0.3, 0.4) is 0 Å². The van der Waals surface area contributed by atoms with E-state index in [4.69, 9.17) is 9.84 Å². The molecule has 1 aliphatic heterocycles. The Labute approximate surface area is 108 Å². The van der Waals surface area contributed by atoms with Gasteiger partial charge in [0.2, 0.25) is 0 Å². The standard InChI is InChI=1S/C11H21NO5S/c1-8(9(2)17-3)12-4-5-18(15,16)7-10(12)6-11(13)14/h8-10H,4-7H2,1-3H3,(H,13,14). The summed E-state index contributed by atoms with van der Waals surface area (Å²) < 4.78 is 28.4. The molecule has 3 unspecified atom stereocenters. The summed E-state index contributed by atoms with van der Waals surface area (Å²) in [5.74, 6) is -0.969. The number of hydrogen-bond donors (Lipinski definition) is 1. The summed E-state index contributed by atoms with van der Waals surface area (Å²) in [7, 11) is -1.53. The molecule has 1 N–H and O–H groups in total. The normalized spacial score (nSPS) is 27.6. The summed E-state index contributed by atoms with van der Waals surface area (Å²) in [6.07, 6.45) is -0.220. The van der Waals surface area contributed by atoms with Crippen molar-refractivity contribution in [1.82, 2.24) is 4.90 Å². The van der Waals surface area contributed by atoms with Gasteiger partial charge in [-0.25, -0.2) is 8.42 Å². The van der Waals surface area contributed by atoms with Crippen LogP contribution in [0.15, 0.2) is 0 Å². The average molecular weight is 279 g/mol. The van der Waals surface area contributed by atoms with E-state index in [9.17, 15) is 13.2 Å².